The second-order valence-electron chi connectivity index (χ2n) is 3.91. The van der Waals surface area contributed by atoms with Crippen molar-refractivity contribution in [1.82, 2.24) is 9.97 Å². The third-order valence-corrected chi connectivity index (χ3v) is 3.45. The predicted octanol–water partition coefficient (Wildman–Crippen LogP) is 3.78. The average molecular weight is 302 g/mol. The molecule has 0 saturated heterocycles. The Morgan fingerprint density at radius 2 is 1.95 bits per heavy atom. The molecule has 0 N–H and O–H groups in total. The first-order chi connectivity index (χ1) is 9.52. The van der Waals surface area contributed by atoms with Crippen LogP contribution < -0.4 is 0 Å². The molecule has 108 valence electrons. The molecule has 3 nitrogen and oxygen atoms in total. The fourth-order valence-electron chi connectivity index (χ4n) is 1.63. The normalized spacial score (nSPS) is 12.0. The molecule has 0 aliphatic carbocycles. The SMILES string of the molecule is CCOCCSc1nc(C(F)(F)F)nc2ccccc12. The third-order valence-electron chi connectivity index (χ3n) is 2.49. The first-order valence-electron chi connectivity index (χ1n) is 6.07. The van der Waals surface area contributed by atoms with Gasteiger partial charge in [-0.05, 0) is 13.0 Å². The van der Waals surface area contributed by atoms with E-state index in [0.29, 0.717) is 34.9 Å². The summed E-state index contributed by atoms with van der Waals surface area (Å²) >= 11 is 1.24. The Labute approximate surface area is 118 Å². The lowest BCUT2D eigenvalue weighted by atomic mass is 10.2. The van der Waals surface area contributed by atoms with E-state index < -0.39 is 12.0 Å². The van der Waals surface area contributed by atoms with Crippen molar-refractivity contribution in [2.75, 3.05) is 19.0 Å². The van der Waals surface area contributed by atoms with Gasteiger partial charge in [-0.1, -0.05) is 18.2 Å². The van der Waals surface area contributed by atoms with E-state index in [9.17, 15) is 13.2 Å². The van der Waals surface area contributed by atoms with Crippen molar-refractivity contribution >= 4 is 22.7 Å². The summed E-state index contributed by atoms with van der Waals surface area (Å²) in [6, 6.07) is 6.69. The van der Waals surface area contributed by atoms with E-state index >= 15 is 0 Å². The lowest BCUT2D eigenvalue weighted by molar-refractivity contribution is -0.145. The van der Waals surface area contributed by atoms with Crippen molar-refractivity contribution in [3.8, 4) is 0 Å². The standard InChI is InChI=1S/C13H13F3N2OS/c1-2-19-7-8-20-11-9-5-3-4-6-10(9)17-12(18-11)13(14,15)16/h3-6H,2,7-8H2,1H3. The van der Waals surface area contributed by atoms with Crippen molar-refractivity contribution < 1.29 is 17.9 Å². The molecule has 0 atom stereocenters. The van der Waals surface area contributed by atoms with E-state index in [1.807, 2.05) is 6.92 Å². The second kappa shape index (κ2) is 6.41. The van der Waals surface area contributed by atoms with Crippen molar-refractivity contribution in [2.45, 2.75) is 18.1 Å². The highest BCUT2D eigenvalue weighted by Crippen LogP contribution is 2.31. The van der Waals surface area contributed by atoms with Gasteiger partial charge in [0.2, 0.25) is 5.82 Å². The van der Waals surface area contributed by atoms with Crippen LogP contribution in [-0.2, 0) is 10.9 Å². The van der Waals surface area contributed by atoms with Crippen LogP contribution >= 0.6 is 11.8 Å². The number of hydrogen-bond donors (Lipinski definition) is 0. The summed E-state index contributed by atoms with van der Waals surface area (Å²) in [7, 11) is 0. The molecular formula is C13H13F3N2OS. The van der Waals surface area contributed by atoms with E-state index in [0.717, 1.165) is 0 Å². The number of benzene rings is 1. The molecule has 0 aliphatic heterocycles. The molecule has 0 unspecified atom stereocenters. The molecule has 0 bridgehead atoms. The maximum atomic E-state index is 12.8. The molecule has 7 heteroatoms. The number of alkyl halides is 3. The van der Waals surface area contributed by atoms with E-state index in [-0.39, 0.29) is 0 Å². The van der Waals surface area contributed by atoms with Gasteiger partial charge in [-0.25, -0.2) is 9.97 Å². The van der Waals surface area contributed by atoms with Gasteiger partial charge in [0.15, 0.2) is 0 Å². The highest BCUT2D eigenvalue weighted by atomic mass is 32.2. The van der Waals surface area contributed by atoms with Crippen LogP contribution in [0.5, 0.6) is 0 Å². The molecule has 0 aliphatic rings. The van der Waals surface area contributed by atoms with Gasteiger partial charge < -0.3 is 4.74 Å². The molecule has 1 aromatic heterocycles. The Hall–Kier alpha value is -1.34. The summed E-state index contributed by atoms with van der Waals surface area (Å²) in [6.07, 6.45) is -4.54. The minimum absolute atomic E-state index is 0.300. The Morgan fingerprint density at radius 3 is 2.65 bits per heavy atom. The van der Waals surface area contributed by atoms with E-state index in [1.165, 1.54) is 11.8 Å². The number of halogens is 3. The van der Waals surface area contributed by atoms with E-state index in [4.69, 9.17) is 4.74 Å². The number of para-hydroxylation sites is 1. The van der Waals surface area contributed by atoms with Crippen molar-refractivity contribution in [3.05, 3.63) is 30.1 Å². The average Bonchev–Trinajstić information content (AvgIpc) is 2.42. The summed E-state index contributed by atoms with van der Waals surface area (Å²) in [6.45, 7) is 2.92. The first kappa shape index (κ1) is 15.1. The molecule has 0 radical (unpaired) electrons. The van der Waals surface area contributed by atoms with Crippen molar-refractivity contribution in [1.29, 1.82) is 0 Å². The minimum Gasteiger partial charge on any atom is -0.381 e. The summed E-state index contributed by atoms with van der Waals surface area (Å²) < 4.78 is 43.5. The number of rotatable bonds is 5. The zero-order chi connectivity index (χ0) is 14.6. The van der Waals surface area contributed by atoms with Gasteiger partial charge in [-0.3, -0.25) is 0 Å². The summed E-state index contributed by atoms with van der Waals surface area (Å²) in [5.74, 6) is -0.554. The maximum Gasteiger partial charge on any atom is 0.451 e. The number of fused-ring (bicyclic) bond motifs is 1. The molecule has 1 aromatic carbocycles. The molecule has 0 spiro atoms. The minimum atomic E-state index is -4.54. The number of hydrogen-bond acceptors (Lipinski definition) is 4. The number of aromatic nitrogens is 2. The molecule has 2 aromatic rings. The van der Waals surface area contributed by atoms with Crippen molar-refractivity contribution in [3.63, 3.8) is 0 Å². The van der Waals surface area contributed by atoms with Crippen LogP contribution in [0.1, 0.15) is 12.7 Å². The van der Waals surface area contributed by atoms with E-state index in [2.05, 4.69) is 9.97 Å². The predicted molar refractivity (Wildman–Crippen MR) is 71.8 cm³/mol. The zero-order valence-corrected chi connectivity index (χ0v) is 11.6. The summed E-state index contributed by atoms with van der Waals surface area (Å²) in [4.78, 5) is 7.21. The maximum absolute atomic E-state index is 12.8. The van der Waals surface area contributed by atoms with E-state index in [1.54, 1.807) is 24.3 Å². The Balaban J connectivity index is 2.34. The smallest absolute Gasteiger partial charge is 0.381 e. The molecule has 0 saturated carbocycles. The van der Waals surface area contributed by atoms with Crippen LogP contribution in [0.15, 0.2) is 29.3 Å². The van der Waals surface area contributed by atoms with Gasteiger partial charge in [0.1, 0.15) is 5.03 Å². The number of thioether (sulfide) groups is 1. The molecular weight excluding hydrogens is 289 g/mol. The Morgan fingerprint density at radius 1 is 1.20 bits per heavy atom. The largest absolute Gasteiger partial charge is 0.451 e. The highest BCUT2D eigenvalue weighted by molar-refractivity contribution is 7.99. The summed E-state index contributed by atoms with van der Waals surface area (Å²) in [5.41, 5.74) is 0.300. The molecule has 20 heavy (non-hydrogen) atoms. The Kier molecular flexibility index (Phi) is 4.82. The lowest BCUT2D eigenvalue weighted by Crippen LogP contribution is -2.12. The molecule has 2 rings (SSSR count). The monoisotopic (exact) mass is 302 g/mol. The second-order valence-corrected chi connectivity index (χ2v) is 5.00. The van der Waals surface area contributed by atoms with Crippen LogP contribution in [0.3, 0.4) is 0 Å². The van der Waals surface area contributed by atoms with Crippen LogP contribution in [0, 0.1) is 0 Å². The van der Waals surface area contributed by atoms with Gasteiger partial charge in [0, 0.05) is 17.7 Å². The van der Waals surface area contributed by atoms with Crippen molar-refractivity contribution in [2.24, 2.45) is 0 Å². The molecule has 1 heterocycles. The van der Waals surface area contributed by atoms with Crippen LogP contribution in [0.25, 0.3) is 10.9 Å². The van der Waals surface area contributed by atoms with Crippen LogP contribution in [0.4, 0.5) is 13.2 Å². The van der Waals surface area contributed by atoms with Gasteiger partial charge >= 0.3 is 6.18 Å². The third kappa shape index (κ3) is 3.61. The van der Waals surface area contributed by atoms with Gasteiger partial charge in [-0.2, -0.15) is 13.2 Å². The quantitative estimate of drug-likeness (QED) is 0.478. The zero-order valence-electron chi connectivity index (χ0n) is 10.8. The van der Waals surface area contributed by atoms with Gasteiger partial charge in [0.05, 0.1) is 12.1 Å². The molecule has 0 fully saturated rings. The number of nitrogens with zero attached hydrogens (tertiary/aromatic N) is 2. The fourth-order valence-corrected chi connectivity index (χ4v) is 2.50. The molecule has 0 amide bonds. The fraction of sp³-hybridized carbons (Fsp3) is 0.385. The summed E-state index contributed by atoms with van der Waals surface area (Å²) in [5, 5.41) is 0.963. The van der Waals surface area contributed by atoms with Gasteiger partial charge in [0.25, 0.3) is 0 Å². The van der Waals surface area contributed by atoms with Gasteiger partial charge in [-0.15, -0.1) is 11.8 Å². The Bertz CT molecular complexity index is 589. The van der Waals surface area contributed by atoms with Crippen LogP contribution in [0.2, 0.25) is 0 Å². The topological polar surface area (TPSA) is 35.0 Å². The first-order valence-corrected chi connectivity index (χ1v) is 7.05. The lowest BCUT2D eigenvalue weighted by Gasteiger charge is -2.10. The number of ether oxygens (including phenoxy) is 1. The van der Waals surface area contributed by atoms with Crippen LogP contribution in [-0.4, -0.2) is 28.9 Å². The highest BCUT2D eigenvalue weighted by Gasteiger charge is 2.35.